The number of carbonyl (C=O) groups is 5. The molecule has 30 heavy (non-hydrogen) atoms. The van der Waals surface area contributed by atoms with Crippen molar-refractivity contribution < 1.29 is 39.3 Å². The van der Waals surface area contributed by atoms with Crippen LogP contribution in [0.4, 0.5) is 0 Å². The second kappa shape index (κ2) is 6.53. The molecule has 10 heteroatoms. The maximum Gasteiger partial charge on any atom is 0.235 e. The molecule has 9 nitrogen and oxygen atoms in total. The Hall–Kier alpha value is -2.43. The van der Waals surface area contributed by atoms with Crippen molar-refractivity contribution in [2.24, 2.45) is 29.4 Å². The number of carbonyl (C=O) groups excluding carboxylic acids is 5. The van der Waals surface area contributed by atoms with E-state index in [0.29, 0.717) is 10.0 Å². The van der Waals surface area contributed by atoms with Crippen molar-refractivity contribution in [2.45, 2.75) is 31.0 Å². The summed E-state index contributed by atoms with van der Waals surface area (Å²) in [5.74, 6) is -12.8. The van der Waals surface area contributed by atoms with Crippen molar-refractivity contribution in [3.63, 3.8) is 0 Å². The summed E-state index contributed by atoms with van der Waals surface area (Å²) in [6.07, 6.45) is -2.17. The highest BCUT2D eigenvalue weighted by Gasteiger charge is 2.69. The van der Waals surface area contributed by atoms with Gasteiger partial charge >= 0.3 is 0 Å². The zero-order chi connectivity index (χ0) is 22.3. The van der Waals surface area contributed by atoms with Crippen LogP contribution in [0.5, 0.6) is 5.75 Å². The van der Waals surface area contributed by atoms with Crippen LogP contribution in [0.25, 0.3) is 0 Å². The summed E-state index contributed by atoms with van der Waals surface area (Å²) in [7, 11) is 0. The normalized spacial score (nSPS) is 38.0. The van der Waals surface area contributed by atoms with E-state index in [0.717, 1.165) is 0 Å². The number of ketones is 4. The molecular formula is C20H18BrNO8. The number of benzene rings is 1. The Labute approximate surface area is 178 Å². The van der Waals surface area contributed by atoms with Gasteiger partial charge in [-0.3, -0.25) is 24.0 Å². The Morgan fingerprint density at radius 2 is 1.83 bits per heavy atom. The largest absolute Gasteiger partial charge is 0.507 e. The van der Waals surface area contributed by atoms with Crippen LogP contribution in [0.3, 0.4) is 0 Å². The quantitative estimate of drug-likeness (QED) is 0.394. The number of aliphatic hydroxyl groups excluding tert-OH is 1. The van der Waals surface area contributed by atoms with Gasteiger partial charge in [-0.2, -0.15) is 0 Å². The number of rotatable bonds is 1. The lowest BCUT2D eigenvalue weighted by atomic mass is 9.50. The van der Waals surface area contributed by atoms with Crippen molar-refractivity contribution in [3.05, 3.63) is 27.7 Å². The summed E-state index contributed by atoms with van der Waals surface area (Å²) < 4.78 is 0.484. The number of halogens is 1. The number of phenols is 1. The van der Waals surface area contributed by atoms with Crippen LogP contribution in [0.1, 0.15) is 35.2 Å². The molecule has 1 aromatic carbocycles. The number of amides is 1. The number of phenolic OH excluding ortho intramolecular Hbond substituents is 1. The fourth-order valence-corrected chi connectivity index (χ4v) is 5.81. The molecular weight excluding hydrogens is 462 g/mol. The Morgan fingerprint density at radius 1 is 1.20 bits per heavy atom. The molecule has 3 aliphatic rings. The number of Topliss-reactive ketones (excluding diaryl/α,β-unsaturated/α-hetero) is 4. The lowest BCUT2D eigenvalue weighted by molar-refractivity contribution is -0.189. The molecule has 158 valence electrons. The van der Waals surface area contributed by atoms with E-state index in [2.05, 4.69) is 15.9 Å². The predicted molar refractivity (Wildman–Crippen MR) is 102 cm³/mol. The Morgan fingerprint density at radius 3 is 2.43 bits per heavy atom. The smallest absolute Gasteiger partial charge is 0.235 e. The first-order valence-electron chi connectivity index (χ1n) is 9.30. The van der Waals surface area contributed by atoms with Gasteiger partial charge in [-0.05, 0) is 23.6 Å². The zero-order valence-corrected chi connectivity index (χ0v) is 17.3. The molecule has 0 bridgehead atoms. The molecule has 1 amide bonds. The van der Waals surface area contributed by atoms with Gasteiger partial charge in [0.1, 0.15) is 5.75 Å². The van der Waals surface area contributed by atoms with E-state index in [9.17, 15) is 39.3 Å². The summed E-state index contributed by atoms with van der Waals surface area (Å²) in [5, 5.41) is 32.4. The van der Waals surface area contributed by atoms with Crippen LogP contribution >= 0.6 is 15.9 Å². The summed E-state index contributed by atoms with van der Waals surface area (Å²) in [4.78, 5) is 63.3. The summed E-state index contributed by atoms with van der Waals surface area (Å²) in [6.45, 7) is 1.65. The molecule has 1 aromatic rings. The third-order valence-electron chi connectivity index (χ3n) is 6.76. The average Bonchev–Trinajstić information content (AvgIpc) is 2.64. The van der Waals surface area contributed by atoms with Crippen molar-refractivity contribution in [1.82, 2.24) is 0 Å². The van der Waals surface area contributed by atoms with E-state index < -0.39 is 76.8 Å². The Kier molecular flexibility index (Phi) is 4.53. The number of fused-ring (bicyclic) bond motifs is 3. The third-order valence-corrected chi connectivity index (χ3v) is 7.22. The lowest BCUT2D eigenvalue weighted by Crippen LogP contribution is -2.72. The minimum Gasteiger partial charge on any atom is -0.507 e. The first-order valence-corrected chi connectivity index (χ1v) is 10.1. The monoisotopic (exact) mass is 479 g/mol. The highest BCUT2D eigenvalue weighted by atomic mass is 79.9. The van der Waals surface area contributed by atoms with Crippen LogP contribution in [0, 0.1) is 23.7 Å². The van der Waals surface area contributed by atoms with Gasteiger partial charge in [0.2, 0.25) is 5.91 Å². The van der Waals surface area contributed by atoms with E-state index in [-0.39, 0.29) is 11.3 Å². The molecule has 0 heterocycles. The molecule has 0 saturated heterocycles. The maximum absolute atomic E-state index is 13.3. The molecule has 3 aliphatic carbocycles. The number of hydrogen-bond acceptors (Lipinski definition) is 8. The molecule has 2 unspecified atom stereocenters. The van der Waals surface area contributed by atoms with Crippen molar-refractivity contribution >= 4 is 45.0 Å². The Balaban J connectivity index is 1.90. The van der Waals surface area contributed by atoms with Crippen LogP contribution in [-0.2, 0) is 19.2 Å². The van der Waals surface area contributed by atoms with Crippen LogP contribution in [0.15, 0.2) is 16.6 Å². The molecule has 2 saturated carbocycles. The highest BCUT2D eigenvalue weighted by Crippen LogP contribution is 2.54. The number of aromatic hydroxyl groups is 1. The fourth-order valence-electron chi connectivity index (χ4n) is 5.35. The molecule has 0 spiro atoms. The molecule has 0 aliphatic heterocycles. The molecule has 0 radical (unpaired) electrons. The number of nitrogens with two attached hydrogens (primary N) is 1. The average molecular weight is 480 g/mol. The van der Waals surface area contributed by atoms with Gasteiger partial charge in [-0.15, -0.1) is 0 Å². The molecule has 7 atom stereocenters. The standard InChI is InChI=1S/C20H18BrNO8/c1-5-7-2-6(21)3-9(23)12(7)16(26)14-11(5)15(25)8-4-10(24)13(19(22)29)17(27)20(8,30)18(14)28/h2-3,5,8,11,13-15,23,25,30H,4H2,1H3,(H2,22,29)/t5-,8+,11+,13?,14?,15+,20+/m0/s1. The number of aliphatic hydroxyl groups is 2. The highest BCUT2D eigenvalue weighted by molar-refractivity contribution is 9.10. The van der Waals surface area contributed by atoms with E-state index in [4.69, 9.17) is 5.73 Å². The van der Waals surface area contributed by atoms with Gasteiger partial charge in [-0.25, -0.2) is 0 Å². The summed E-state index contributed by atoms with van der Waals surface area (Å²) in [5.41, 5.74) is 2.49. The van der Waals surface area contributed by atoms with Crippen LogP contribution in [-0.4, -0.2) is 56.1 Å². The second-order valence-corrected chi connectivity index (χ2v) is 9.11. The van der Waals surface area contributed by atoms with E-state index in [1.807, 2.05) is 0 Å². The van der Waals surface area contributed by atoms with Gasteiger partial charge in [0.05, 0.1) is 17.6 Å². The third kappa shape index (κ3) is 2.44. The first kappa shape index (κ1) is 20.8. The van der Waals surface area contributed by atoms with Gasteiger partial charge in [0.15, 0.2) is 34.7 Å². The van der Waals surface area contributed by atoms with Crippen molar-refractivity contribution in [1.29, 1.82) is 0 Å². The fraction of sp³-hybridized carbons (Fsp3) is 0.450. The number of hydrogen-bond donors (Lipinski definition) is 4. The molecule has 0 aromatic heterocycles. The Bertz CT molecular complexity index is 1050. The summed E-state index contributed by atoms with van der Waals surface area (Å²) >= 11 is 3.23. The molecule has 5 N–H and O–H groups in total. The van der Waals surface area contributed by atoms with Crippen molar-refractivity contribution in [2.75, 3.05) is 0 Å². The van der Waals surface area contributed by atoms with Crippen LogP contribution in [0.2, 0.25) is 0 Å². The number of primary amides is 1. The van der Waals surface area contributed by atoms with Crippen LogP contribution < -0.4 is 5.73 Å². The van der Waals surface area contributed by atoms with E-state index >= 15 is 0 Å². The topological polar surface area (TPSA) is 172 Å². The van der Waals surface area contributed by atoms with Gasteiger partial charge in [0.25, 0.3) is 0 Å². The minimum absolute atomic E-state index is 0.125. The zero-order valence-electron chi connectivity index (χ0n) is 15.7. The first-order chi connectivity index (χ1) is 13.9. The van der Waals surface area contributed by atoms with Gasteiger partial charge in [0, 0.05) is 22.7 Å². The van der Waals surface area contributed by atoms with Gasteiger partial charge < -0.3 is 21.1 Å². The molecule has 2 fully saturated rings. The van der Waals surface area contributed by atoms with Gasteiger partial charge in [-0.1, -0.05) is 22.9 Å². The van der Waals surface area contributed by atoms with E-state index in [1.165, 1.54) is 6.07 Å². The lowest BCUT2D eigenvalue weighted by Gasteiger charge is -2.52. The second-order valence-electron chi connectivity index (χ2n) is 8.19. The minimum atomic E-state index is -2.90. The van der Waals surface area contributed by atoms with E-state index in [1.54, 1.807) is 13.0 Å². The summed E-state index contributed by atoms with van der Waals surface area (Å²) in [6, 6.07) is 2.87. The predicted octanol–water partition coefficient (Wildman–Crippen LogP) is -0.379. The molecule has 4 rings (SSSR count). The maximum atomic E-state index is 13.3. The SMILES string of the molecule is C[C@H]1c2cc(Br)cc(O)c2C(=O)C2C(=O)[C@]3(O)C(=O)C(C(N)=O)C(=O)C[C@@H]3[C@@H](O)[C@@H]21. The van der Waals surface area contributed by atoms with Crippen molar-refractivity contribution in [3.8, 4) is 5.75 Å².